The summed E-state index contributed by atoms with van der Waals surface area (Å²) in [6.45, 7) is 1.55. The molecule has 2 aromatic carbocycles. The van der Waals surface area contributed by atoms with Gasteiger partial charge in [0.25, 0.3) is 5.91 Å². The van der Waals surface area contributed by atoms with E-state index in [1.807, 2.05) is 0 Å². The minimum absolute atomic E-state index is 0.280. The Balaban J connectivity index is 2.06. The van der Waals surface area contributed by atoms with Gasteiger partial charge in [-0.1, -0.05) is 0 Å². The molecule has 120 valence electrons. The number of hydrogen-bond acceptors (Lipinski definition) is 4. The van der Waals surface area contributed by atoms with Gasteiger partial charge in [-0.3, -0.25) is 9.59 Å². The first-order valence-electron chi connectivity index (χ1n) is 6.90. The first kappa shape index (κ1) is 16.5. The standard InChI is InChI=1S/C17H16FNO4/c1-11(17(21)19-14-5-3-13(18)4-6-14)23-16-8-7-15(22-2)9-12(16)10-20/h3-11H,1-2H3,(H,19,21)/t11-/m0/s1. The van der Waals surface area contributed by atoms with Crippen molar-refractivity contribution in [2.24, 2.45) is 0 Å². The zero-order chi connectivity index (χ0) is 16.8. The van der Waals surface area contributed by atoms with Crippen LogP contribution in [0.2, 0.25) is 0 Å². The van der Waals surface area contributed by atoms with E-state index in [0.717, 1.165) is 0 Å². The molecule has 2 aromatic rings. The summed E-state index contributed by atoms with van der Waals surface area (Å²) < 4.78 is 23.4. The fourth-order valence-corrected chi connectivity index (χ4v) is 1.87. The Hall–Kier alpha value is -2.89. The second-order valence-electron chi connectivity index (χ2n) is 4.78. The third-order valence-electron chi connectivity index (χ3n) is 3.13. The number of ether oxygens (including phenoxy) is 2. The monoisotopic (exact) mass is 317 g/mol. The number of rotatable bonds is 6. The summed E-state index contributed by atoms with van der Waals surface area (Å²) >= 11 is 0. The van der Waals surface area contributed by atoms with Crippen LogP contribution in [0.4, 0.5) is 10.1 Å². The Kier molecular flexibility index (Phi) is 5.30. The number of aldehydes is 1. The van der Waals surface area contributed by atoms with Gasteiger partial charge in [-0.2, -0.15) is 0 Å². The zero-order valence-electron chi connectivity index (χ0n) is 12.7. The highest BCUT2D eigenvalue weighted by Gasteiger charge is 2.17. The van der Waals surface area contributed by atoms with Crippen LogP contribution >= 0.6 is 0 Å². The molecule has 1 N–H and O–H groups in total. The van der Waals surface area contributed by atoms with Crippen LogP contribution < -0.4 is 14.8 Å². The van der Waals surface area contributed by atoms with Gasteiger partial charge in [0.1, 0.15) is 17.3 Å². The summed E-state index contributed by atoms with van der Waals surface area (Å²) in [7, 11) is 1.49. The molecule has 5 nitrogen and oxygen atoms in total. The number of benzene rings is 2. The van der Waals surface area contributed by atoms with Crippen molar-refractivity contribution in [1.82, 2.24) is 0 Å². The summed E-state index contributed by atoms with van der Waals surface area (Å²) in [6.07, 6.45) is -0.213. The van der Waals surface area contributed by atoms with Crippen molar-refractivity contribution >= 4 is 17.9 Å². The molecule has 0 saturated carbocycles. The molecule has 0 unspecified atom stereocenters. The number of anilines is 1. The third-order valence-corrected chi connectivity index (χ3v) is 3.13. The quantitative estimate of drug-likeness (QED) is 0.832. The lowest BCUT2D eigenvalue weighted by Crippen LogP contribution is -2.30. The maximum absolute atomic E-state index is 12.8. The van der Waals surface area contributed by atoms with Crippen LogP contribution in [0.3, 0.4) is 0 Å². The molecule has 0 spiro atoms. The summed E-state index contributed by atoms with van der Waals surface area (Å²) in [4.78, 5) is 23.2. The van der Waals surface area contributed by atoms with Crippen LogP contribution in [0.15, 0.2) is 42.5 Å². The molecular formula is C17H16FNO4. The molecule has 0 aliphatic heterocycles. The van der Waals surface area contributed by atoms with E-state index in [1.54, 1.807) is 19.1 Å². The molecule has 0 aliphatic carbocycles. The maximum Gasteiger partial charge on any atom is 0.265 e. The van der Waals surface area contributed by atoms with Gasteiger partial charge in [-0.15, -0.1) is 0 Å². The number of hydrogen-bond donors (Lipinski definition) is 1. The predicted octanol–water partition coefficient (Wildman–Crippen LogP) is 3.05. The molecule has 2 rings (SSSR count). The Labute approximate surface area is 133 Å². The van der Waals surface area contributed by atoms with E-state index in [2.05, 4.69) is 5.32 Å². The SMILES string of the molecule is COc1ccc(O[C@@H](C)C(=O)Nc2ccc(F)cc2)c(C=O)c1. The normalized spacial score (nSPS) is 11.4. The molecule has 1 atom stereocenters. The van der Waals surface area contributed by atoms with E-state index in [-0.39, 0.29) is 17.1 Å². The average molecular weight is 317 g/mol. The fraction of sp³-hybridized carbons (Fsp3) is 0.176. The molecule has 0 aliphatic rings. The van der Waals surface area contributed by atoms with Gasteiger partial charge >= 0.3 is 0 Å². The number of amides is 1. The second-order valence-corrected chi connectivity index (χ2v) is 4.78. The van der Waals surface area contributed by atoms with Crippen LogP contribution in [0, 0.1) is 5.82 Å². The first-order chi connectivity index (χ1) is 11.0. The highest BCUT2D eigenvalue weighted by molar-refractivity contribution is 5.94. The maximum atomic E-state index is 12.8. The molecule has 0 saturated heterocycles. The molecule has 6 heteroatoms. The van der Waals surface area contributed by atoms with Crippen molar-refractivity contribution in [3.05, 3.63) is 53.8 Å². The van der Waals surface area contributed by atoms with Gasteiger partial charge < -0.3 is 14.8 Å². The van der Waals surface area contributed by atoms with Crippen LogP contribution in [-0.2, 0) is 4.79 Å². The fourth-order valence-electron chi connectivity index (χ4n) is 1.87. The van der Waals surface area contributed by atoms with Gasteiger partial charge in [0.15, 0.2) is 12.4 Å². The Bertz CT molecular complexity index is 700. The van der Waals surface area contributed by atoms with E-state index in [9.17, 15) is 14.0 Å². The highest BCUT2D eigenvalue weighted by Crippen LogP contribution is 2.24. The second kappa shape index (κ2) is 7.40. The first-order valence-corrected chi connectivity index (χ1v) is 6.90. The lowest BCUT2D eigenvalue weighted by atomic mass is 10.2. The summed E-state index contributed by atoms with van der Waals surface area (Å²) in [6, 6.07) is 10.1. The average Bonchev–Trinajstić information content (AvgIpc) is 2.57. The van der Waals surface area contributed by atoms with Crippen LogP contribution in [-0.4, -0.2) is 25.4 Å². The van der Waals surface area contributed by atoms with E-state index in [1.165, 1.54) is 37.4 Å². The zero-order valence-corrected chi connectivity index (χ0v) is 12.7. The van der Waals surface area contributed by atoms with Crippen molar-refractivity contribution < 1.29 is 23.5 Å². The highest BCUT2D eigenvalue weighted by atomic mass is 19.1. The Morgan fingerprint density at radius 3 is 2.52 bits per heavy atom. The largest absolute Gasteiger partial charge is 0.497 e. The number of carbonyl (C=O) groups is 2. The van der Waals surface area contributed by atoms with Crippen LogP contribution in [0.1, 0.15) is 17.3 Å². The lowest BCUT2D eigenvalue weighted by Gasteiger charge is -2.16. The summed E-state index contributed by atoms with van der Waals surface area (Å²) in [5, 5.41) is 2.61. The number of nitrogens with one attached hydrogen (secondary N) is 1. The van der Waals surface area contributed by atoms with Gasteiger partial charge in [-0.25, -0.2) is 4.39 Å². The van der Waals surface area contributed by atoms with E-state index < -0.39 is 12.0 Å². The van der Waals surface area contributed by atoms with Gasteiger partial charge in [-0.05, 0) is 49.4 Å². The van der Waals surface area contributed by atoms with Crippen molar-refractivity contribution in [1.29, 1.82) is 0 Å². The van der Waals surface area contributed by atoms with Gasteiger partial charge in [0.2, 0.25) is 0 Å². The van der Waals surface area contributed by atoms with E-state index >= 15 is 0 Å². The number of halogens is 1. The van der Waals surface area contributed by atoms with E-state index in [4.69, 9.17) is 9.47 Å². The van der Waals surface area contributed by atoms with Crippen LogP contribution in [0.5, 0.6) is 11.5 Å². The van der Waals surface area contributed by atoms with Gasteiger partial charge in [0.05, 0.1) is 12.7 Å². The predicted molar refractivity (Wildman–Crippen MR) is 83.5 cm³/mol. The number of methoxy groups -OCH3 is 1. The van der Waals surface area contributed by atoms with Crippen molar-refractivity contribution in [2.45, 2.75) is 13.0 Å². The molecule has 0 fully saturated rings. The lowest BCUT2D eigenvalue weighted by molar-refractivity contribution is -0.122. The van der Waals surface area contributed by atoms with Crippen LogP contribution in [0.25, 0.3) is 0 Å². The Morgan fingerprint density at radius 1 is 1.22 bits per heavy atom. The third kappa shape index (κ3) is 4.29. The minimum atomic E-state index is -0.841. The number of carbonyl (C=O) groups excluding carboxylic acids is 2. The smallest absolute Gasteiger partial charge is 0.265 e. The molecule has 0 aromatic heterocycles. The molecule has 0 bridgehead atoms. The summed E-state index contributed by atoms with van der Waals surface area (Å²) in [5.74, 6) is -0.00384. The van der Waals surface area contributed by atoms with E-state index in [0.29, 0.717) is 17.7 Å². The molecular weight excluding hydrogens is 301 g/mol. The minimum Gasteiger partial charge on any atom is -0.497 e. The molecule has 23 heavy (non-hydrogen) atoms. The molecule has 0 radical (unpaired) electrons. The summed E-state index contributed by atoms with van der Waals surface area (Å²) in [5.41, 5.74) is 0.739. The van der Waals surface area contributed by atoms with Gasteiger partial charge in [0, 0.05) is 5.69 Å². The van der Waals surface area contributed by atoms with Crippen molar-refractivity contribution in [3.8, 4) is 11.5 Å². The topological polar surface area (TPSA) is 64.6 Å². The Morgan fingerprint density at radius 2 is 1.91 bits per heavy atom. The van der Waals surface area contributed by atoms with Crippen molar-refractivity contribution in [3.63, 3.8) is 0 Å². The molecule has 1 amide bonds. The van der Waals surface area contributed by atoms with Crippen molar-refractivity contribution in [2.75, 3.05) is 12.4 Å². The molecule has 0 heterocycles.